The first-order valence-electron chi connectivity index (χ1n) is 8.57. The third kappa shape index (κ3) is 5.04. The molecule has 0 radical (unpaired) electrons. The average Bonchev–Trinajstić information content (AvgIpc) is 2.69. The summed E-state index contributed by atoms with van der Waals surface area (Å²) in [5, 5.41) is 6.90. The number of hydrogen-bond acceptors (Lipinski definition) is 3. The fourth-order valence-electron chi connectivity index (χ4n) is 2.41. The number of nitrogens with zero attached hydrogens (tertiary/aromatic N) is 1. The zero-order valence-electron chi connectivity index (χ0n) is 14.6. The van der Waals surface area contributed by atoms with E-state index in [9.17, 15) is 0 Å². The number of aromatic nitrogens is 1. The fourth-order valence-corrected chi connectivity index (χ4v) is 2.64. The summed E-state index contributed by atoms with van der Waals surface area (Å²) in [6.45, 7) is 2.81. The molecular formula is C21H21N3OS. The predicted molar refractivity (Wildman–Crippen MR) is 112 cm³/mol. The maximum absolute atomic E-state index is 5.58. The van der Waals surface area contributed by atoms with Gasteiger partial charge in [-0.2, -0.15) is 0 Å². The molecule has 1 aromatic heterocycles. The quantitative estimate of drug-likeness (QED) is 0.578. The Morgan fingerprint density at radius 2 is 1.58 bits per heavy atom. The molecule has 0 spiro atoms. The zero-order chi connectivity index (χ0) is 18.2. The maximum Gasteiger partial charge on any atom is 0.175 e. The van der Waals surface area contributed by atoms with E-state index in [4.69, 9.17) is 17.0 Å². The van der Waals surface area contributed by atoms with Gasteiger partial charge in [0.05, 0.1) is 12.3 Å². The van der Waals surface area contributed by atoms with Crippen LogP contribution in [0.1, 0.15) is 13.3 Å². The molecule has 0 amide bonds. The first-order chi connectivity index (χ1) is 12.7. The Hall–Kier alpha value is -2.92. The van der Waals surface area contributed by atoms with E-state index in [0.29, 0.717) is 5.11 Å². The molecule has 0 fully saturated rings. The van der Waals surface area contributed by atoms with Gasteiger partial charge in [0, 0.05) is 23.1 Å². The van der Waals surface area contributed by atoms with Crippen molar-refractivity contribution in [2.75, 3.05) is 17.2 Å². The highest BCUT2D eigenvalue weighted by molar-refractivity contribution is 7.80. The van der Waals surface area contributed by atoms with E-state index in [0.717, 1.165) is 41.4 Å². The van der Waals surface area contributed by atoms with E-state index in [-0.39, 0.29) is 0 Å². The standard InChI is InChI=1S/C21H21N3OS/c1-2-15-25-19-12-10-18(11-13-19)24-21(26)23-17-8-6-16(7-9-17)20-5-3-4-14-22-20/h3-14H,2,15H2,1H3,(H2,23,24,26). The van der Waals surface area contributed by atoms with Crippen LogP contribution < -0.4 is 15.4 Å². The number of hydrogen-bond donors (Lipinski definition) is 2. The summed E-state index contributed by atoms with van der Waals surface area (Å²) < 4.78 is 5.58. The summed E-state index contributed by atoms with van der Waals surface area (Å²) in [6, 6.07) is 21.6. The number of anilines is 2. The lowest BCUT2D eigenvalue weighted by molar-refractivity contribution is 0.317. The van der Waals surface area contributed by atoms with Crippen LogP contribution in [0.25, 0.3) is 11.3 Å². The Balaban J connectivity index is 1.56. The van der Waals surface area contributed by atoms with Gasteiger partial charge >= 0.3 is 0 Å². The Morgan fingerprint density at radius 3 is 2.15 bits per heavy atom. The molecular weight excluding hydrogens is 342 g/mol. The highest BCUT2D eigenvalue weighted by atomic mass is 32.1. The second-order valence-corrected chi connectivity index (χ2v) is 6.15. The molecule has 0 aliphatic heterocycles. The molecule has 0 aliphatic rings. The summed E-state index contributed by atoms with van der Waals surface area (Å²) in [6.07, 6.45) is 2.78. The topological polar surface area (TPSA) is 46.2 Å². The molecule has 2 N–H and O–H groups in total. The van der Waals surface area contributed by atoms with Crippen molar-refractivity contribution in [3.05, 3.63) is 72.9 Å². The number of thiocarbonyl (C=S) groups is 1. The van der Waals surface area contributed by atoms with Crippen LogP contribution in [0.15, 0.2) is 72.9 Å². The summed E-state index contributed by atoms with van der Waals surface area (Å²) in [5.74, 6) is 0.862. The SMILES string of the molecule is CCCOc1ccc(NC(=S)Nc2ccc(-c3ccccn3)cc2)cc1. The molecule has 3 rings (SSSR count). The van der Waals surface area contributed by atoms with Gasteiger partial charge in [-0.3, -0.25) is 4.98 Å². The van der Waals surface area contributed by atoms with E-state index in [1.54, 1.807) is 6.20 Å². The number of benzene rings is 2. The highest BCUT2D eigenvalue weighted by Gasteiger charge is 2.02. The van der Waals surface area contributed by atoms with Crippen molar-refractivity contribution in [2.45, 2.75) is 13.3 Å². The van der Waals surface area contributed by atoms with Gasteiger partial charge in [0.15, 0.2) is 5.11 Å². The minimum absolute atomic E-state index is 0.540. The second-order valence-electron chi connectivity index (χ2n) is 5.74. The van der Waals surface area contributed by atoms with E-state index in [2.05, 4.69) is 22.5 Å². The Morgan fingerprint density at radius 1 is 0.923 bits per heavy atom. The second kappa shape index (κ2) is 8.97. The van der Waals surface area contributed by atoms with E-state index in [1.165, 1.54) is 0 Å². The van der Waals surface area contributed by atoms with Crippen molar-refractivity contribution in [3.8, 4) is 17.0 Å². The van der Waals surface area contributed by atoms with Crippen LogP contribution in [-0.4, -0.2) is 16.7 Å². The Kier molecular flexibility index (Phi) is 6.17. The average molecular weight is 363 g/mol. The molecule has 0 atom stereocenters. The van der Waals surface area contributed by atoms with Crippen LogP contribution in [-0.2, 0) is 0 Å². The number of ether oxygens (including phenoxy) is 1. The van der Waals surface area contributed by atoms with E-state index in [1.807, 2.05) is 66.7 Å². The Labute approximate surface area is 159 Å². The Bertz CT molecular complexity index is 833. The minimum atomic E-state index is 0.540. The van der Waals surface area contributed by atoms with Crippen LogP contribution in [0.4, 0.5) is 11.4 Å². The molecule has 132 valence electrons. The van der Waals surface area contributed by atoms with Crippen molar-refractivity contribution >= 4 is 28.7 Å². The van der Waals surface area contributed by atoms with Gasteiger partial charge in [0.1, 0.15) is 5.75 Å². The molecule has 3 aromatic rings. The number of rotatable bonds is 6. The van der Waals surface area contributed by atoms with Crippen molar-refractivity contribution in [3.63, 3.8) is 0 Å². The van der Waals surface area contributed by atoms with Crippen LogP contribution >= 0.6 is 12.2 Å². The summed E-state index contributed by atoms with van der Waals surface area (Å²) in [5.41, 5.74) is 3.85. The van der Waals surface area contributed by atoms with Crippen molar-refractivity contribution in [2.24, 2.45) is 0 Å². The van der Waals surface area contributed by atoms with Gasteiger partial charge in [-0.25, -0.2) is 0 Å². The lowest BCUT2D eigenvalue weighted by Crippen LogP contribution is -2.18. The van der Waals surface area contributed by atoms with Crippen molar-refractivity contribution in [1.29, 1.82) is 0 Å². The molecule has 2 aromatic carbocycles. The maximum atomic E-state index is 5.58. The van der Waals surface area contributed by atoms with Gasteiger partial charge in [0.25, 0.3) is 0 Å². The van der Waals surface area contributed by atoms with Gasteiger partial charge < -0.3 is 15.4 Å². The number of nitrogens with one attached hydrogen (secondary N) is 2. The van der Waals surface area contributed by atoms with Gasteiger partial charge in [0.2, 0.25) is 0 Å². The lowest BCUT2D eigenvalue weighted by atomic mass is 10.1. The molecule has 0 saturated carbocycles. The van der Waals surface area contributed by atoms with Crippen LogP contribution in [0.5, 0.6) is 5.75 Å². The third-order valence-corrected chi connectivity index (χ3v) is 3.89. The van der Waals surface area contributed by atoms with Gasteiger partial charge in [-0.15, -0.1) is 0 Å². The minimum Gasteiger partial charge on any atom is -0.494 e. The molecule has 0 saturated heterocycles. The van der Waals surface area contributed by atoms with Crippen molar-refractivity contribution < 1.29 is 4.74 Å². The van der Waals surface area contributed by atoms with E-state index >= 15 is 0 Å². The fraction of sp³-hybridized carbons (Fsp3) is 0.143. The molecule has 26 heavy (non-hydrogen) atoms. The lowest BCUT2D eigenvalue weighted by Gasteiger charge is -2.12. The summed E-state index contributed by atoms with van der Waals surface area (Å²) in [7, 11) is 0. The predicted octanol–water partition coefficient (Wildman–Crippen LogP) is 5.35. The number of pyridine rings is 1. The van der Waals surface area contributed by atoms with Crippen LogP contribution in [0.3, 0.4) is 0 Å². The first kappa shape index (κ1) is 17.9. The molecule has 0 unspecified atom stereocenters. The third-order valence-electron chi connectivity index (χ3n) is 3.69. The largest absolute Gasteiger partial charge is 0.494 e. The highest BCUT2D eigenvalue weighted by Crippen LogP contribution is 2.20. The normalized spacial score (nSPS) is 10.2. The van der Waals surface area contributed by atoms with E-state index < -0.39 is 0 Å². The van der Waals surface area contributed by atoms with Gasteiger partial charge in [-0.1, -0.05) is 25.1 Å². The summed E-state index contributed by atoms with van der Waals surface area (Å²) in [4.78, 5) is 4.35. The molecule has 4 nitrogen and oxygen atoms in total. The first-order valence-corrected chi connectivity index (χ1v) is 8.98. The van der Waals surface area contributed by atoms with Crippen LogP contribution in [0.2, 0.25) is 0 Å². The summed E-state index contributed by atoms with van der Waals surface area (Å²) >= 11 is 5.38. The molecule has 0 aliphatic carbocycles. The molecule has 5 heteroatoms. The molecule has 0 bridgehead atoms. The molecule has 1 heterocycles. The zero-order valence-corrected chi connectivity index (χ0v) is 15.4. The van der Waals surface area contributed by atoms with Crippen LogP contribution in [0, 0.1) is 0 Å². The van der Waals surface area contributed by atoms with Gasteiger partial charge in [-0.05, 0) is 67.2 Å². The van der Waals surface area contributed by atoms with Crippen molar-refractivity contribution in [1.82, 2.24) is 4.98 Å². The monoisotopic (exact) mass is 363 g/mol. The smallest absolute Gasteiger partial charge is 0.175 e.